The van der Waals surface area contributed by atoms with Crippen molar-refractivity contribution in [2.75, 3.05) is 13.7 Å². The topological polar surface area (TPSA) is 55.4 Å². The lowest BCUT2D eigenvalue weighted by atomic mass is 9.97. The highest BCUT2D eigenvalue weighted by Crippen LogP contribution is 2.19. The minimum absolute atomic E-state index is 0.0407. The molecule has 0 saturated carbocycles. The Labute approximate surface area is 133 Å². The molecule has 0 radical (unpaired) electrons. The molecule has 0 aromatic heterocycles. The monoisotopic (exact) mass is 305 g/mol. The van der Waals surface area contributed by atoms with Gasteiger partial charge in [0.05, 0.1) is 5.92 Å². The molecule has 4 heteroatoms. The van der Waals surface area contributed by atoms with Crippen LogP contribution in [0.25, 0.3) is 0 Å². The molecule has 0 saturated heterocycles. The molecule has 1 aromatic carbocycles. The van der Waals surface area contributed by atoms with Gasteiger partial charge in [-0.05, 0) is 44.4 Å². The average molecular weight is 305 g/mol. The van der Waals surface area contributed by atoms with Crippen LogP contribution in [0.4, 0.5) is 0 Å². The molecular weight excluding hydrogens is 278 g/mol. The predicted octanol–water partition coefficient (Wildman–Crippen LogP) is 2.71. The van der Waals surface area contributed by atoms with E-state index in [4.69, 9.17) is 4.74 Å². The molecule has 1 aromatic rings. The Morgan fingerprint density at radius 2 is 1.73 bits per heavy atom. The molecule has 2 atom stereocenters. The lowest BCUT2D eigenvalue weighted by Gasteiger charge is -2.16. The molecule has 0 bridgehead atoms. The molecule has 0 spiro atoms. The summed E-state index contributed by atoms with van der Waals surface area (Å²) >= 11 is 0. The van der Waals surface area contributed by atoms with Gasteiger partial charge in [0.2, 0.25) is 0 Å². The van der Waals surface area contributed by atoms with Crippen LogP contribution in [0.2, 0.25) is 0 Å². The molecule has 0 heterocycles. The van der Waals surface area contributed by atoms with Gasteiger partial charge in [0.1, 0.15) is 18.4 Å². The molecule has 22 heavy (non-hydrogen) atoms. The largest absolute Gasteiger partial charge is 0.463 e. The first kappa shape index (κ1) is 18.4. The number of rotatable bonds is 8. The standard InChI is InChI=1S/C18H27NO3/c1-12(2)10-15-6-8-16(9-7-15)13(3)18(21)22-11-17(19-5)14(4)20/h6-9,12-13,17,19H,10-11H2,1-5H3/t13?,17-/m0/s1. The fraction of sp³-hybridized carbons (Fsp3) is 0.556. The normalized spacial score (nSPS) is 13.7. The Morgan fingerprint density at radius 1 is 1.14 bits per heavy atom. The third-order valence-electron chi connectivity index (χ3n) is 3.71. The minimum Gasteiger partial charge on any atom is -0.463 e. The SMILES string of the molecule is CN[C@@H](COC(=O)C(C)c1ccc(CC(C)C)cc1)C(C)=O. The molecule has 122 valence electrons. The average Bonchev–Trinajstić information content (AvgIpc) is 2.46. The van der Waals surface area contributed by atoms with Crippen LogP contribution in [0, 0.1) is 5.92 Å². The number of benzene rings is 1. The number of carbonyl (C=O) groups excluding carboxylic acids is 2. The zero-order valence-corrected chi connectivity index (χ0v) is 14.2. The number of ketones is 1. The third-order valence-corrected chi connectivity index (χ3v) is 3.71. The van der Waals surface area contributed by atoms with Crippen LogP contribution in [-0.2, 0) is 20.7 Å². The number of Topliss-reactive ketones (excluding diaryl/α,β-unsaturated/α-hetero) is 1. The van der Waals surface area contributed by atoms with Crippen molar-refractivity contribution in [3.8, 4) is 0 Å². The van der Waals surface area contributed by atoms with Crippen molar-refractivity contribution in [3.05, 3.63) is 35.4 Å². The van der Waals surface area contributed by atoms with Gasteiger partial charge in [-0.2, -0.15) is 0 Å². The lowest BCUT2D eigenvalue weighted by Crippen LogP contribution is -2.37. The highest BCUT2D eigenvalue weighted by atomic mass is 16.5. The summed E-state index contributed by atoms with van der Waals surface area (Å²) in [6.07, 6.45) is 1.03. The lowest BCUT2D eigenvalue weighted by molar-refractivity contribution is -0.146. The van der Waals surface area contributed by atoms with Gasteiger partial charge in [0.25, 0.3) is 0 Å². The second kappa shape index (κ2) is 8.69. The van der Waals surface area contributed by atoms with Gasteiger partial charge >= 0.3 is 5.97 Å². The second-order valence-electron chi connectivity index (χ2n) is 6.14. The van der Waals surface area contributed by atoms with Crippen molar-refractivity contribution in [2.45, 2.75) is 46.1 Å². The van der Waals surface area contributed by atoms with E-state index in [2.05, 4.69) is 31.3 Å². The third kappa shape index (κ3) is 5.60. The Hall–Kier alpha value is -1.68. The smallest absolute Gasteiger partial charge is 0.313 e. The fourth-order valence-corrected chi connectivity index (χ4v) is 2.24. The summed E-state index contributed by atoms with van der Waals surface area (Å²) in [4.78, 5) is 23.4. The molecule has 1 unspecified atom stereocenters. The zero-order chi connectivity index (χ0) is 16.7. The molecule has 1 rings (SSSR count). The summed E-state index contributed by atoms with van der Waals surface area (Å²) in [6.45, 7) is 7.73. The van der Waals surface area contributed by atoms with Crippen molar-refractivity contribution >= 4 is 11.8 Å². The number of esters is 1. The highest BCUT2D eigenvalue weighted by Gasteiger charge is 2.20. The first-order valence-electron chi connectivity index (χ1n) is 7.78. The van der Waals surface area contributed by atoms with Crippen molar-refractivity contribution in [1.82, 2.24) is 5.32 Å². The number of ether oxygens (including phenoxy) is 1. The maximum absolute atomic E-state index is 12.1. The molecule has 4 nitrogen and oxygen atoms in total. The van der Waals surface area contributed by atoms with Crippen LogP contribution in [0.15, 0.2) is 24.3 Å². The molecule has 0 aliphatic rings. The molecular formula is C18H27NO3. The molecule has 0 aliphatic carbocycles. The summed E-state index contributed by atoms with van der Waals surface area (Å²) in [5.41, 5.74) is 2.20. The van der Waals surface area contributed by atoms with E-state index >= 15 is 0 Å². The van der Waals surface area contributed by atoms with E-state index in [-0.39, 0.29) is 24.3 Å². The zero-order valence-electron chi connectivity index (χ0n) is 14.2. The van der Waals surface area contributed by atoms with E-state index < -0.39 is 6.04 Å². The van der Waals surface area contributed by atoms with E-state index in [1.54, 1.807) is 7.05 Å². The number of hydrogen-bond acceptors (Lipinski definition) is 4. The van der Waals surface area contributed by atoms with Crippen molar-refractivity contribution in [1.29, 1.82) is 0 Å². The van der Waals surface area contributed by atoms with Crippen LogP contribution in [-0.4, -0.2) is 31.4 Å². The first-order valence-corrected chi connectivity index (χ1v) is 7.78. The van der Waals surface area contributed by atoms with E-state index in [1.165, 1.54) is 12.5 Å². The summed E-state index contributed by atoms with van der Waals surface area (Å²) in [5.74, 6) is -0.0741. The number of nitrogens with one attached hydrogen (secondary N) is 1. The molecule has 0 aliphatic heterocycles. The molecule has 0 amide bonds. The Morgan fingerprint density at radius 3 is 2.18 bits per heavy atom. The summed E-state index contributed by atoms with van der Waals surface area (Å²) in [6, 6.07) is 7.63. The highest BCUT2D eigenvalue weighted by molar-refractivity contribution is 5.82. The summed E-state index contributed by atoms with van der Waals surface area (Å²) in [5, 5.41) is 2.83. The quantitative estimate of drug-likeness (QED) is 0.750. The van der Waals surface area contributed by atoms with Crippen molar-refractivity contribution in [3.63, 3.8) is 0 Å². The van der Waals surface area contributed by atoms with Crippen molar-refractivity contribution in [2.24, 2.45) is 5.92 Å². The summed E-state index contributed by atoms with van der Waals surface area (Å²) < 4.78 is 5.25. The summed E-state index contributed by atoms with van der Waals surface area (Å²) in [7, 11) is 1.68. The van der Waals surface area contributed by atoms with Gasteiger partial charge in [-0.15, -0.1) is 0 Å². The van der Waals surface area contributed by atoms with E-state index in [0.29, 0.717) is 5.92 Å². The maximum Gasteiger partial charge on any atom is 0.313 e. The Kier molecular flexibility index (Phi) is 7.25. The number of likely N-dealkylation sites (N-methyl/N-ethyl adjacent to an activating group) is 1. The molecule has 1 N–H and O–H groups in total. The van der Waals surface area contributed by atoms with E-state index in [1.807, 2.05) is 19.1 Å². The van der Waals surface area contributed by atoms with Crippen LogP contribution in [0.3, 0.4) is 0 Å². The van der Waals surface area contributed by atoms with E-state index in [0.717, 1.165) is 12.0 Å². The van der Waals surface area contributed by atoms with Crippen LogP contribution in [0.5, 0.6) is 0 Å². The van der Waals surface area contributed by atoms with Crippen LogP contribution >= 0.6 is 0 Å². The number of hydrogen-bond donors (Lipinski definition) is 1. The maximum atomic E-state index is 12.1. The fourth-order valence-electron chi connectivity index (χ4n) is 2.24. The van der Waals surface area contributed by atoms with Gasteiger partial charge in [0.15, 0.2) is 0 Å². The van der Waals surface area contributed by atoms with Gasteiger partial charge in [-0.1, -0.05) is 38.1 Å². The van der Waals surface area contributed by atoms with Gasteiger partial charge < -0.3 is 10.1 Å². The van der Waals surface area contributed by atoms with Crippen LogP contribution in [0.1, 0.15) is 44.7 Å². The Bertz CT molecular complexity index is 494. The Balaban J connectivity index is 2.61. The molecule has 0 fully saturated rings. The van der Waals surface area contributed by atoms with Crippen LogP contribution < -0.4 is 5.32 Å². The van der Waals surface area contributed by atoms with Gasteiger partial charge in [-0.3, -0.25) is 9.59 Å². The van der Waals surface area contributed by atoms with Gasteiger partial charge in [0, 0.05) is 0 Å². The predicted molar refractivity (Wildman–Crippen MR) is 87.9 cm³/mol. The number of carbonyl (C=O) groups is 2. The first-order chi connectivity index (χ1) is 10.3. The van der Waals surface area contributed by atoms with Gasteiger partial charge in [-0.25, -0.2) is 0 Å². The van der Waals surface area contributed by atoms with Crippen molar-refractivity contribution < 1.29 is 14.3 Å². The second-order valence-corrected chi connectivity index (χ2v) is 6.14. The van der Waals surface area contributed by atoms with E-state index in [9.17, 15) is 9.59 Å². The minimum atomic E-state index is -0.440.